The van der Waals surface area contributed by atoms with Gasteiger partial charge in [0.2, 0.25) is 0 Å². The van der Waals surface area contributed by atoms with Crippen molar-refractivity contribution in [3.63, 3.8) is 0 Å². The van der Waals surface area contributed by atoms with Gasteiger partial charge in [-0.25, -0.2) is 0 Å². The first kappa shape index (κ1) is 15.5. The number of aliphatic hydroxyl groups is 1. The molecule has 0 radical (unpaired) electrons. The zero-order valence-electron chi connectivity index (χ0n) is 11.2. The lowest BCUT2D eigenvalue weighted by atomic mass is 10.2. The molecule has 0 unspecified atom stereocenters. The minimum absolute atomic E-state index is 0.0817. The monoisotopic (exact) mass is 316 g/mol. The fourth-order valence-electron chi connectivity index (χ4n) is 1.82. The van der Waals surface area contributed by atoms with Crippen molar-refractivity contribution >= 4 is 29.3 Å². The predicted molar refractivity (Wildman–Crippen MR) is 78.6 cm³/mol. The number of aryl methyl sites for hydroxylation is 1. The Bertz CT molecular complexity index is 480. The average molecular weight is 317 g/mol. The van der Waals surface area contributed by atoms with Crippen LogP contribution < -0.4 is 4.74 Å². The minimum Gasteiger partial charge on any atom is -0.490 e. The van der Waals surface area contributed by atoms with E-state index in [9.17, 15) is 9.90 Å². The number of thioether (sulfide) groups is 1. The molecule has 2 atom stereocenters. The third-order valence-electron chi connectivity index (χ3n) is 2.87. The molecule has 0 aromatic heterocycles. The van der Waals surface area contributed by atoms with Crippen LogP contribution in [0.5, 0.6) is 5.75 Å². The van der Waals surface area contributed by atoms with Crippen molar-refractivity contribution in [2.45, 2.75) is 29.6 Å². The third kappa shape index (κ3) is 3.81. The van der Waals surface area contributed by atoms with E-state index in [2.05, 4.69) is 0 Å². The predicted octanol–water partition coefficient (Wildman–Crippen LogP) is 2.38. The Balaban J connectivity index is 2.10. The van der Waals surface area contributed by atoms with Gasteiger partial charge in [-0.05, 0) is 31.0 Å². The number of alkyl halides is 1. The van der Waals surface area contributed by atoms with Crippen LogP contribution in [-0.2, 0) is 9.53 Å². The highest BCUT2D eigenvalue weighted by molar-refractivity contribution is 8.00. The quantitative estimate of drug-likeness (QED) is 0.525. The highest BCUT2D eigenvalue weighted by atomic mass is 35.5. The number of benzene rings is 1. The van der Waals surface area contributed by atoms with E-state index >= 15 is 0 Å². The van der Waals surface area contributed by atoms with Crippen molar-refractivity contribution in [3.8, 4) is 5.75 Å². The van der Waals surface area contributed by atoms with Crippen LogP contribution in [0, 0.1) is 6.92 Å². The van der Waals surface area contributed by atoms with Crippen LogP contribution >= 0.6 is 23.4 Å². The van der Waals surface area contributed by atoms with Gasteiger partial charge in [-0.2, -0.15) is 0 Å². The Morgan fingerprint density at radius 1 is 1.60 bits per heavy atom. The van der Waals surface area contributed by atoms with Gasteiger partial charge in [0.05, 0.1) is 11.5 Å². The van der Waals surface area contributed by atoms with Crippen molar-refractivity contribution in [3.05, 3.63) is 23.8 Å². The highest BCUT2D eigenvalue weighted by Crippen LogP contribution is 2.37. The largest absolute Gasteiger partial charge is 0.490 e. The van der Waals surface area contributed by atoms with Crippen molar-refractivity contribution in [2.75, 3.05) is 19.1 Å². The summed E-state index contributed by atoms with van der Waals surface area (Å²) in [4.78, 5) is 12.9. The summed E-state index contributed by atoms with van der Waals surface area (Å²) in [7, 11) is 0. The summed E-state index contributed by atoms with van der Waals surface area (Å²) < 4.78 is 10.7. The summed E-state index contributed by atoms with van der Waals surface area (Å²) >= 11 is 6.83. The average Bonchev–Trinajstić information content (AvgIpc) is 2.58. The van der Waals surface area contributed by atoms with Gasteiger partial charge in [0, 0.05) is 5.88 Å². The zero-order chi connectivity index (χ0) is 14.5. The summed E-state index contributed by atoms with van der Waals surface area (Å²) in [5.74, 6) is 0.708. The standard InChI is InChI=1S/C14H17ClO4S/c1-9-3-4-11-12(7-9)20-13(10(16)8-19-11)14(17)18-6-2-5-15/h3-4,7,10,13,16H,2,5-6,8H2,1H3/t10-,13-/m0/s1. The molecule has 1 N–H and O–H groups in total. The van der Waals surface area contributed by atoms with Gasteiger partial charge in [-0.1, -0.05) is 6.07 Å². The molecule has 1 aliphatic heterocycles. The Morgan fingerprint density at radius 3 is 3.15 bits per heavy atom. The van der Waals surface area contributed by atoms with Gasteiger partial charge in [0.1, 0.15) is 23.7 Å². The number of halogens is 1. The number of carbonyl (C=O) groups is 1. The maximum atomic E-state index is 12.0. The topological polar surface area (TPSA) is 55.8 Å². The fraction of sp³-hybridized carbons (Fsp3) is 0.500. The number of ether oxygens (including phenoxy) is 2. The molecule has 1 aromatic carbocycles. The second-order valence-corrected chi connectivity index (χ2v) is 6.14. The molecule has 4 nitrogen and oxygen atoms in total. The molecule has 1 aromatic rings. The number of carbonyl (C=O) groups excluding carboxylic acids is 1. The van der Waals surface area contributed by atoms with Gasteiger partial charge in [0.25, 0.3) is 0 Å². The molecule has 0 saturated carbocycles. The van der Waals surface area contributed by atoms with E-state index < -0.39 is 17.3 Å². The Kier molecular flexibility index (Phi) is 5.57. The van der Waals surface area contributed by atoms with E-state index in [0.717, 1.165) is 10.5 Å². The van der Waals surface area contributed by atoms with Crippen LogP contribution in [0.1, 0.15) is 12.0 Å². The molecule has 110 valence electrons. The maximum absolute atomic E-state index is 12.0. The van der Waals surface area contributed by atoms with Crippen molar-refractivity contribution in [1.82, 2.24) is 0 Å². The van der Waals surface area contributed by atoms with E-state index in [0.29, 0.717) is 18.1 Å². The van der Waals surface area contributed by atoms with Crippen LogP contribution in [0.25, 0.3) is 0 Å². The Labute approximate surface area is 127 Å². The van der Waals surface area contributed by atoms with E-state index in [4.69, 9.17) is 21.1 Å². The molecule has 6 heteroatoms. The molecular formula is C14H17ClO4S. The third-order valence-corrected chi connectivity index (χ3v) is 4.47. The number of hydrogen-bond donors (Lipinski definition) is 1. The van der Waals surface area contributed by atoms with Crippen LogP contribution in [-0.4, -0.2) is 41.5 Å². The van der Waals surface area contributed by atoms with Gasteiger partial charge >= 0.3 is 5.97 Å². The van der Waals surface area contributed by atoms with Crippen LogP contribution in [0.4, 0.5) is 0 Å². The van der Waals surface area contributed by atoms with Crippen molar-refractivity contribution < 1.29 is 19.4 Å². The SMILES string of the molecule is Cc1ccc2c(c1)S[C@H](C(=O)OCCCCl)[C@@H](O)CO2. The van der Waals surface area contributed by atoms with Gasteiger partial charge < -0.3 is 14.6 Å². The summed E-state index contributed by atoms with van der Waals surface area (Å²) in [5, 5.41) is 9.37. The molecule has 0 saturated heterocycles. The summed E-state index contributed by atoms with van der Waals surface area (Å²) in [5.41, 5.74) is 1.07. The summed E-state index contributed by atoms with van der Waals surface area (Å²) in [6.07, 6.45) is -0.288. The van der Waals surface area contributed by atoms with E-state index in [1.54, 1.807) is 0 Å². The minimum atomic E-state index is -0.892. The smallest absolute Gasteiger partial charge is 0.322 e. The molecular weight excluding hydrogens is 300 g/mol. The van der Waals surface area contributed by atoms with Gasteiger partial charge in [-0.15, -0.1) is 23.4 Å². The van der Waals surface area contributed by atoms with Crippen LogP contribution in [0.3, 0.4) is 0 Å². The maximum Gasteiger partial charge on any atom is 0.322 e. The normalized spacial score (nSPS) is 21.6. The highest BCUT2D eigenvalue weighted by Gasteiger charge is 2.33. The lowest BCUT2D eigenvalue weighted by molar-refractivity contribution is -0.145. The zero-order valence-corrected chi connectivity index (χ0v) is 12.7. The fourth-order valence-corrected chi connectivity index (χ4v) is 3.10. The first-order valence-electron chi connectivity index (χ1n) is 6.42. The molecule has 1 aliphatic rings. The lowest BCUT2D eigenvalue weighted by Gasteiger charge is -2.17. The number of hydrogen-bond acceptors (Lipinski definition) is 5. The van der Waals surface area contributed by atoms with E-state index in [-0.39, 0.29) is 13.2 Å². The number of esters is 1. The molecule has 0 bridgehead atoms. The molecule has 2 rings (SSSR count). The van der Waals surface area contributed by atoms with Crippen LogP contribution in [0.2, 0.25) is 0 Å². The molecule has 0 aliphatic carbocycles. The molecule has 0 amide bonds. The van der Waals surface area contributed by atoms with Crippen molar-refractivity contribution in [1.29, 1.82) is 0 Å². The van der Waals surface area contributed by atoms with Crippen LogP contribution in [0.15, 0.2) is 23.1 Å². The number of rotatable bonds is 4. The Hall–Kier alpha value is -0.910. The number of aliphatic hydroxyl groups excluding tert-OH is 1. The second kappa shape index (κ2) is 7.20. The van der Waals surface area contributed by atoms with Gasteiger partial charge in [0.15, 0.2) is 0 Å². The first-order chi connectivity index (χ1) is 9.61. The van der Waals surface area contributed by atoms with Gasteiger partial charge in [-0.3, -0.25) is 4.79 Å². The Morgan fingerprint density at radius 2 is 2.40 bits per heavy atom. The first-order valence-corrected chi connectivity index (χ1v) is 7.84. The summed E-state index contributed by atoms with van der Waals surface area (Å²) in [6, 6.07) is 5.73. The molecule has 20 heavy (non-hydrogen) atoms. The molecule has 0 fully saturated rings. The lowest BCUT2D eigenvalue weighted by Crippen LogP contribution is -2.35. The molecule has 1 heterocycles. The summed E-state index contributed by atoms with van der Waals surface area (Å²) in [6.45, 7) is 2.32. The molecule has 0 spiro atoms. The number of fused-ring (bicyclic) bond motifs is 1. The second-order valence-electron chi connectivity index (χ2n) is 4.58. The van der Waals surface area contributed by atoms with Crippen molar-refractivity contribution in [2.24, 2.45) is 0 Å². The van der Waals surface area contributed by atoms with E-state index in [1.165, 1.54) is 11.8 Å². The van der Waals surface area contributed by atoms with E-state index in [1.807, 2.05) is 25.1 Å².